The zero-order valence-corrected chi connectivity index (χ0v) is 13.6. The molecule has 5 heteroatoms. The number of ether oxygens (including phenoxy) is 1. The van der Waals surface area contributed by atoms with Crippen LogP contribution in [0, 0.1) is 6.92 Å². The molecule has 0 N–H and O–H groups in total. The number of halogens is 1. The van der Waals surface area contributed by atoms with Crippen LogP contribution < -0.4 is 4.74 Å². The summed E-state index contributed by atoms with van der Waals surface area (Å²) in [4.78, 5) is 4.38. The molecular formula is C16H22ClN3O. The second-order valence-corrected chi connectivity index (χ2v) is 5.34. The standard InChI is InChI=1S/C16H22ClN3O/c1-4-14(5-2)20-9-8-13(19-20)11-21-16-7-6-12(3)18-15(16)10-17/h6-9,14H,4-5,10-11H2,1-3H3. The van der Waals surface area contributed by atoms with Crippen LogP contribution in [0.4, 0.5) is 0 Å². The zero-order valence-electron chi connectivity index (χ0n) is 12.8. The number of hydrogen-bond acceptors (Lipinski definition) is 3. The Hall–Kier alpha value is -1.55. The van der Waals surface area contributed by atoms with Crippen molar-refractivity contribution >= 4 is 11.6 Å². The normalized spacial score (nSPS) is 11.1. The smallest absolute Gasteiger partial charge is 0.142 e. The maximum absolute atomic E-state index is 5.91. The first kappa shape index (κ1) is 15.8. The molecule has 0 fully saturated rings. The molecule has 4 nitrogen and oxygen atoms in total. The molecule has 114 valence electrons. The van der Waals surface area contributed by atoms with E-state index in [-0.39, 0.29) is 0 Å². The van der Waals surface area contributed by atoms with E-state index in [1.807, 2.05) is 36.0 Å². The van der Waals surface area contributed by atoms with Gasteiger partial charge in [0.2, 0.25) is 0 Å². The first-order valence-electron chi connectivity index (χ1n) is 7.37. The van der Waals surface area contributed by atoms with Crippen LogP contribution in [-0.2, 0) is 12.5 Å². The Morgan fingerprint density at radius 3 is 2.67 bits per heavy atom. The van der Waals surface area contributed by atoms with E-state index in [9.17, 15) is 0 Å². The van der Waals surface area contributed by atoms with Crippen LogP contribution in [0.3, 0.4) is 0 Å². The van der Waals surface area contributed by atoms with Gasteiger partial charge in [-0.25, -0.2) is 0 Å². The second-order valence-electron chi connectivity index (χ2n) is 5.08. The van der Waals surface area contributed by atoms with Gasteiger partial charge in [-0.05, 0) is 38.0 Å². The zero-order chi connectivity index (χ0) is 15.2. The Labute approximate surface area is 131 Å². The summed E-state index contributed by atoms with van der Waals surface area (Å²) in [5.41, 5.74) is 2.63. The van der Waals surface area contributed by atoms with Crippen LogP contribution in [0.25, 0.3) is 0 Å². The summed E-state index contributed by atoms with van der Waals surface area (Å²) in [7, 11) is 0. The molecule has 0 radical (unpaired) electrons. The summed E-state index contributed by atoms with van der Waals surface area (Å²) in [6.45, 7) is 6.73. The van der Waals surface area contributed by atoms with Crippen molar-refractivity contribution in [3.8, 4) is 5.75 Å². The highest BCUT2D eigenvalue weighted by Crippen LogP contribution is 2.20. The van der Waals surface area contributed by atoms with Gasteiger partial charge in [0.25, 0.3) is 0 Å². The molecule has 0 bridgehead atoms. The van der Waals surface area contributed by atoms with E-state index in [4.69, 9.17) is 16.3 Å². The van der Waals surface area contributed by atoms with Gasteiger partial charge in [0.05, 0.1) is 23.3 Å². The summed E-state index contributed by atoms with van der Waals surface area (Å²) in [5, 5.41) is 4.58. The van der Waals surface area contributed by atoms with Crippen LogP contribution >= 0.6 is 11.6 Å². The molecule has 2 aromatic heterocycles. The fraction of sp³-hybridized carbons (Fsp3) is 0.500. The van der Waals surface area contributed by atoms with Crippen molar-refractivity contribution in [2.75, 3.05) is 0 Å². The van der Waals surface area contributed by atoms with Gasteiger partial charge in [-0.15, -0.1) is 11.6 Å². The van der Waals surface area contributed by atoms with Gasteiger partial charge in [-0.2, -0.15) is 5.10 Å². The Morgan fingerprint density at radius 2 is 2.00 bits per heavy atom. The van der Waals surface area contributed by atoms with Gasteiger partial charge in [0.15, 0.2) is 0 Å². The number of nitrogens with zero attached hydrogens (tertiary/aromatic N) is 3. The molecule has 2 aromatic rings. The van der Waals surface area contributed by atoms with Crippen molar-refractivity contribution in [2.45, 2.75) is 52.1 Å². The fourth-order valence-corrected chi connectivity index (χ4v) is 2.49. The highest BCUT2D eigenvalue weighted by molar-refractivity contribution is 6.17. The lowest BCUT2D eigenvalue weighted by Gasteiger charge is -2.12. The summed E-state index contributed by atoms with van der Waals surface area (Å²) >= 11 is 5.91. The molecule has 0 aliphatic heterocycles. The number of rotatable bonds is 7. The van der Waals surface area contributed by atoms with Crippen molar-refractivity contribution < 1.29 is 4.74 Å². The average Bonchev–Trinajstić information content (AvgIpc) is 2.96. The molecule has 0 amide bonds. The van der Waals surface area contributed by atoms with Crippen molar-refractivity contribution in [3.63, 3.8) is 0 Å². The molecule has 2 rings (SSSR count). The van der Waals surface area contributed by atoms with Crippen molar-refractivity contribution in [1.29, 1.82) is 0 Å². The average molecular weight is 308 g/mol. The first-order valence-corrected chi connectivity index (χ1v) is 7.90. The fourth-order valence-electron chi connectivity index (χ4n) is 2.30. The molecule has 0 aliphatic carbocycles. The largest absolute Gasteiger partial charge is 0.485 e. The number of aryl methyl sites for hydroxylation is 1. The van der Waals surface area contributed by atoms with Gasteiger partial charge < -0.3 is 4.74 Å². The van der Waals surface area contributed by atoms with Gasteiger partial charge in [-0.3, -0.25) is 9.67 Å². The van der Waals surface area contributed by atoms with E-state index in [1.165, 1.54) is 0 Å². The van der Waals surface area contributed by atoms with Crippen LogP contribution in [0.5, 0.6) is 5.75 Å². The third kappa shape index (κ3) is 3.97. The molecule has 2 heterocycles. The molecule has 0 spiro atoms. The topological polar surface area (TPSA) is 39.9 Å². The van der Waals surface area contributed by atoms with Crippen molar-refractivity contribution in [1.82, 2.24) is 14.8 Å². The Balaban J connectivity index is 2.03. The van der Waals surface area contributed by atoms with E-state index in [0.29, 0.717) is 18.5 Å². The van der Waals surface area contributed by atoms with Crippen molar-refractivity contribution in [2.24, 2.45) is 0 Å². The minimum absolute atomic E-state index is 0.346. The lowest BCUT2D eigenvalue weighted by Crippen LogP contribution is -2.08. The summed E-state index contributed by atoms with van der Waals surface area (Å²) in [5.74, 6) is 1.08. The van der Waals surface area contributed by atoms with Crippen LogP contribution in [0.15, 0.2) is 24.4 Å². The maximum Gasteiger partial charge on any atom is 0.142 e. The van der Waals surface area contributed by atoms with Gasteiger partial charge in [0, 0.05) is 11.9 Å². The Bertz CT molecular complexity index is 579. The quantitative estimate of drug-likeness (QED) is 0.717. The first-order chi connectivity index (χ1) is 10.2. The summed E-state index contributed by atoms with van der Waals surface area (Å²) < 4.78 is 7.83. The molecular weight excluding hydrogens is 286 g/mol. The van der Waals surface area contributed by atoms with E-state index >= 15 is 0 Å². The molecule has 0 aliphatic rings. The van der Waals surface area contributed by atoms with E-state index in [1.54, 1.807) is 0 Å². The summed E-state index contributed by atoms with van der Waals surface area (Å²) in [6, 6.07) is 6.30. The molecule has 0 atom stereocenters. The molecule has 21 heavy (non-hydrogen) atoms. The molecule has 0 saturated heterocycles. The lowest BCUT2D eigenvalue weighted by molar-refractivity contribution is 0.293. The third-order valence-electron chi connectivity index (χ3n) is 3.55. The van der Waals surface area contributed by atoms with E-state index < -0.39 is 0 Å². The number of aromatic nitrogens is 3. The maximum atomic E-state index is 5.91. The van der Waals surface area contributed by atoms with Crippen LogP contribution in [-0.4, -0.2) is 14.8 Å². The number of alkyl halides is 1. The van der Waals surface area contributed by atoms with E-state index in [2.05, 4.69) is 23.9 Å². The van der Waals surface area contributed by atoms with Gasteiger partial charge in [0.1, 0.15) is 12.4 Å². The highest BCUT2D eigenvalue weighted by atomic mass is 35.5. The van der Waals surface area contributed by atoms with Gasteiger partial charge >= 0.3 is 0 Å². The minimum atomic E-state index is 0.346. The number of hydrogen-bond donors (Lipinski definition) is 0. The monoisotopic (exact) mass is 307 g/mol. The second kappa shape index (κ2) is 7.46. The van der Waals surface area contributed by atoms with E-state index in [0.717, 1.165) is 35.7 Å². The van der Waals surface area contributed by atoms with Crippen molar-refractivity contribution in [3.05, 3.63) is 41.5 Å². The number of pyridine rings is 1. The molecule has 0 saturated carbocycles. The highest BCUT2D eigenvalue weighted by Gasteiger charge is 2.09. The van der Waals surface area contributed by atoms with Crippen LogP contribution in [0.2, 0.25) is 0 Å². The Kier molecular flexibility index (Phi) is 5.62. The minimum Gasteiger partial charge on any atom is -0.485 e. The molecule has 0 unspecified atom stereocenters. The molecule has 0 aromatic carbocycles. The predicted molar refractivity (Wildman–Crippen MR) is 84.7 cm³/mol. The SMILES string of the molecule is CCC(CC)n1ccc(COc2ccc(C)nc2CCl)n1. The summed E-state index contributed by atoms with van der Waals surface area (Å²) in [6.07, 6.45) is 4.18. The van der Waals surface area contributed by atoms with Gasteiger partial charge in [-0.1, -0.05) is 13.8 Å². The van der Waals surface area contributed by atoms with Crippen LogP contribution in [0.1, 0.15) is 49.8 Å². The lowest BCUT2D eigenvalue weighted by atomic mass is 10.2. The predicted octanol–water partition coefficient (Wildman–Crippen LogP) is 4.27. The Morgan fingerprint density at radius 1 is 1.24 bits per heavy atom. The third-order valence-corrected chi connectivity index (χ3v) is 3.81.